The third kappa shape index (κ3) is 2.91. The molecule has 1 aromatic carbocycles. The molecule has 0 fully saturated rings. The average molecular weight is 283 g/mol. The molecule has 5 nitrogen and oxygen atoms in total. The highest BCUT2D eigenvalue weighted by atomic mass is 16.7. The van der Waals surface area contributed by atoms with E-state index < -0.39 is 0 Å². The molecule has 2 aromatic rings. The second-order valence-corrected chi connectivity index (χ2v) is 4.63. The van der Waals surface area contributed by atoms with Crippen LogP contribution in [0.3, 0.4) is 0 Å². The molecule has 0 radical (unpaired) electrons. The molecule has 1 aromatic heterocycles. The molecule has 1 aliphatic rings. The molecule has 1 aliphatic heterocycles. The van der Waals surface area contributed by atoms with Gasteiger partial charge in [0.25, 0.3) is 0 Å². The number of hydrogen-bond donors (Lipinski definition) is 0. The molecular formula is C16H13NO4. The smallest absolute Gasteiger partial charge is 0.231 e. The van der Waals surface area contributed by atoms with Crippen molar-refractivity contribution in [2.75, 3.05) is 6.79 Å². The summed E-state index contributed by atoms with van der Waals surface area (Å²) in [6, 6.07) is 10.2. The van der Waals surface area contributed by atoms with Gasteiger partial charge >= 0.3 is 0 Å². The van der Waals surface area contributed by atoms with Crippen molar-refractivity contribution in [3.8, 4) is 11.5 Å². The molecule has 0 saturated heterocycles. The SMILES string of the molecule is O=C(CCC(=O)c1ccccn1)c1ccc2c(c1)OCO2. The first-order chi connectivity index (χ1) is 10.2. The van der Waals surface area contributed by atoms with Crippen LogP contribution in [0.1, 0.15) is 33.7 Å². The molecule has 106 valence electrons. The summed E-state index contributed by atoms with van der Waals surface area (Å²) in [6.45, 7) is 0.172. The molecule has 0 N–H and O–H groups in total. The third-order valence-electron chi connectivity index (χ3n) is 3.22. The van der Waals surface area contributed by atoms with Crippen molar-refractivity contribution in [3.05, 3.63) is 53.9 Å². The summed E-state index contributed by atoms with van der Waals surface area (Å²) in [6.07, 6.45) is 1.85. The number of ketones is 2. The Labute approximate surface area is 121 Å². The van der Waals surface area contributed by atoms with Gasteiger partial charge in [-0.1, -0.05) is 6.07 Å². The Morgan fingerprint density at radius 3 is 2.62 bits per heavy atom. The summed E-state index contributed by atoms with van der Waals surface area (Å²) in [5.41, 5.74) is 0.907. The number of benzene rings is 1. The van der Waals surface area contributed by atoms with Gasteiger partial charge in [-0.05, 0) is 30.3 Å². The summed E-state index contributed by atoms with van der Waals surface area (Å²) in [5, 5.41) is 0. The van der Waals surface area contributed by atoms with Gasteiger partial charge < -0.3 is 9.47 Å². The van der Waals surface area contributed by atoms with E-state index in [1.54, 1.807) is 42.6 Å². The van der Waals surface area contributed by atoms with E-state index in [0.717, 1.165) is 0 Å². The maximum absolute atomic E-state index is 12.1. The predicted molar refractivity (Wildman–Crippen MR) is 74.7 cm³/mol. The lowest BCUT2D eigenvalue weighted by molar-refractivity contribution is 0.0915. The van der Waals surface area contributed by atoms with E-state index in [9.17, 15) is 9.59 Å². The minimum absolute atomic E-state index is 0.0995. The van der Waals surface area contributed by atoms with E-state index >= 15 is 0 Å². The van der Waals surface area contributed by atoms with Gasteiger partial charge in [0, 0.05) is 24.6 Å². The number of nitrogens with zero attached hydrogens (tertiary/aromatic N) is 1. The van der Waals surface area contributed by atoms with Gasteiger partial charge in [0.2, 0.25) is 6.79 Å². The lowest BCUT2D eigenvalue weighted by atomic mass is 10.0. The molecule has 0 bridgehead atoms. The van der Waals surface area contributed by atoms with Gasteiger partial charge in [0.05, 0.1) is 0 Å². The van der Waals surface area contributed by atoms with Crippen LogP contribution in [-0.4, -0.2) is 23.3 Å². The van der Waals surface area contributed by atoms with Gasteiger partial charge in [-0.2, -0.15) is 0 Å². The van der Waals surface area contributed by atoms with E-state index in [1.807, 2.05) is 0 Å². The number of aromatic nitrogens is 1. The molecule has 5 heteroatoms. The first kappa shape index (κ1) is 13.3. The predicted octanol–water partition coefficient (Wildman–Crippen LogP) is 2.66. The number of carbonyl (C=O) groups excluding carboxylic acids is 2. The van der Waals surface area contributed by atoms with Crippen molar-refractivity contribution >= 4 is 11.6 Å². The number of hydrogen-bond acceptors (Lipinski definition) is 5. The summed E-state index contributed by atoms with van der Waals surface area (Å²) in [5.74, 6) is 0.968. The Morgan fingerprint density at radius 1 is 1.00 bits per heavy atom. The molecule has 0 unspecified atom stereocenters. The fourth-order valence-electron chi connectivity index (χ4n) is 2.10. The van der Waals surface area contributed by atoms with Gasteiger partial charge in [-0.25, -0.2) is 0 Å². The van der Waals surface area contributed by atoms with E-state index in [-0.39, 0.29) is 31.2 Å². The summed E-state index contributed by atoms with van der Waals surface area (Å²) in [4.78, 5) is 28.0. The van der Waals surface area contributed by atoms with E-state index in [2.05, 4.69) is 4.98 Å². The first-order valence-electron chi connectivity index (χ1n) is 6.61. The minimum Gasteiger partial charge on any atom is -0.454 e. The normalized spacial score (nSPS) is 12.2. The number of fused-ring (bicyclic) bond motifs is 1. The van der Waals surface area contributed by atoms with Crippen molar-refractivity contribution in [2.45, 2.75) is 12.8 Å². The highest BCUT2D eigenvalue weighted by Gasteiger charge is 2.17. The minimum atomic E-state index is -0.135. The molecule has 0 atom stereocenters. The first-order valence-corrected chi connectivity index (χ1v) is 6.61. The van der Waals surface area contributed by atoms with E-state index in [1.165, 1.54) is 0 Å². The van der Waals surface area contributed by atoms with Crippen molar-refractivity contribution in [2.24, 2.45) is 0 Å². The molecule has 0 spiro atoms. The van der Waals surface area contributed by atoms with Crippen LogP contribution in [0, 0.1) is 0 Å². The highest BCUT2D eigenvalue weighted by molar-refractivity contribution is 6.01. The summed E-state index contributed by atoms with van der Waals surface area (Å²) < 4.78 is 10.4. The zero-order chi connectivity index (χ0) is 14.7. The summed E-state index contributed by atoms with van der Waals surface area (Å²) >= 11 is 0. The molecule has 2 heterocycles. The van der Waals surface area contributed by atoms with Crippen molar-refractivity contribution in [3.63, 3.8) is 0 Å². The van der Waals surface area contributed by atoms with Crippen LogP contribution < -0.4 is 9.47 Å². The molecular weight excluding hydrogens is 270 g/mol. The zero-order valence-corrected chi connectivity index (χ0v) is 11.2. The Kier molecular flexibility index (Phi) is 3.64. The number of Topliss-reactive ketones (excluding diaryl/α,β-unsaturated/α-hetero) is 2. The Balaban J connectivity index is 1.63. The average Bonchev–Trinajstić information content (AvgIpc) is 3.00. The summed E-state index contributed by atoms with van der Waals surface area (Å²) in [7, 11) is 0. The zero-order valence-electron chi connectivity index (χ0n) is 11.2. The van der Waals surface area contributed by atoms with Gasteiger partial charge in [0.15, 0.2) is 23.1 Å². The van der Waals surface area contributed by atoms with Gasteiger partial charge in [-0.3, -0.25) is 14.6 Å². The fraction of sp³-hybridized carbons (Fsp3) is 0.188. The van der Waals surface area contributed by atoms with E-state index in [4.69, 9.17) is 9.47 Å². The largest absolute Gasteiger partial charge is 0.454 e. The molecule has 0 amide bonds. The number of ether oxygens (including phenoxy) is 2. The Bertz CT molecular complexity index is 682. The number of rotatable bonds is 5. The van der Waals surface area contributed by atoms with Crippen LogP contribution in [0.4, 0.5) is 0 Å². The lowest BCUT2D eigenvalue weighted by Gasteiger charge is -2.02. The van der Waals surface area contributed by atoms with Crippen LogP contribution in [0.25, 0.3) is 0 Å². The molecule has 0 aliphatic carbocycles. The van der Waals surface area contributed by atoms with Gasteiger partial charge in [-0.15, -0.1) is 0 Å². The monoisotopic (exact) mass is 283 g/mol. The maximum Gasteiger partial charge on any atom is 0.231 e. The van der Waals surface area contributed by atoms with Crippen molar-refractivity contribution in [1.82, 2.24) is 4.98 Å². The number of pyridine rings is 1. The van der Waals surface area contributed by atoms with Crippen LogP contribution >= 0.6 is 0 Å². The molecule has 3 rings (SSSR count). The van der Waals surface area contributed by atoms with Crippen LogP contribution in [0.15, 0.2) is 42.6 Å². The second-order valence-electron chi connectivity index (χ2n) is 4.63. The van der Waals surface area contributed by atoms with Crippen LogP contribution in [-0.2, 0) is 0 Å². The van der Waals surface area contributed by atoms with Gasteiger partial charge in [0.1, 0.15) is 5.69 Å². The van der Waals surface area contributed by atoms with Crippen molar-refractivity contribution < 1.29 is 19.1 Å². The molecule has 0 saturated carbocycles. The van der Waals surface area contributed by atoms with Crippen molar-refractivity contribution in [1.29, 1.82) is 0 Å². The lowest BCUT2D eigenvalue weighted by Crippen LogP contribution is -2.06. The quantitative estimate of drug-likeness (QED) is 0.789. The highest BCUT2D eigenvalue weighted by Crippen LogP contribution is 2.32. The number of carbonyl (C=O) groups is 2. The third-order valence-corrected chi connectivity index (χ3v) is 3.22. The van der Waals surface area contributed by atoms with Crippen LogP contribution in [0.2, 0.25) is 0 Å². The Hall–Kier alpha value is -2.69. The Morgan fingerprint density at radius 2 is 1.81 bits per heavy atom. The topological polar surface area (TPSA) is 65.5 Å². The van der Waals surface area contributed by atoms with E-state index in [0.29, 0.717) is 22.8 Å². The fourth-order valence-corrected chi connectivity index (χ4v) is 2.10. The van der Waals surface area contributed by atoms with Crippen LogP contribution in [0.5, 0.6) is 11.5 Å². The standard InChI is InChI=1S/C16H13NO4/c18-13(5-6-14(19)12-3-1-2-8-17-12)11-4-7-15-16(9-11)21-10-20-15/h1-4,7-9H,5-6,10H2. The maximum atomic E-state index is 12.1. The molecule has 21 heavy (non-hydrogen) atoms. The second kappa shape index (κ2) is 5.75.